The molecule has 0 aromatic heterocycles. The van der Waals surface area contributed by atoms with E-state index in [2.05, 4.69) is 35.2 Å². The van der Waals surface area contributed by atoms with Crippen molar-refractivity contribution in [1.82, 2.24) is 4.90 Å². The Morgan fingerprint density at radius 3 is 2.34 bits per heavy atom. The van der Waals surface area contributed by atoms with E-state index in [1.54, 1.807) is 18.2 Å². The first-order valence-corrected chi connectivity index (χ1v) is 12.4. The maximum absolute atomic E-state index is 11.3. The Bertz CT molecular complexity index is 886. The van der Waals surface area contributed by atoms with Gasteiger partial charge < -0.3 is 19.8 Å². The van der Waals surface area contributed by atoms with Gasteiger partial charge in [0.25, 0.3) is 0 Å². The van der Waals surface area contributed by atoms with Crippen molar-refractivity contribution in [2.24, 2.45) is 0 Å². The molecular formula is C26H33Cl2NO3. The number of aliphatic hydroxyl groups is 2. The first-order valence-electron chi connectivity index (χ1n) is 11.6. The van der Waals surface area contributed by atoms with Crippen LogP contribution in [0.4, 0.5) is 0 Å². The van der Waals surface area contributed by atoms with Crippen molar-refractivity contribution < 1.29 is 14.9 Å². The van der Waals surface area contributed by atoms with Crippen LogP contribution in [0, 0.1) is 0 Å². The van der Waals surface area contributed by atoms with Gasteiger partial charge in [0.05, 0.1) is 21.2 Å². The van der Waals surface area contributed by atoms with Gasteiger partial charge in [-0.2, -0.15) is 0 Å². The van der Waals surface area contributed by atoms with Gasteiger partial charge in [0, 0.05) is 19.2 Å². The first kappa shape index (κ1) is 23.8. The second-order valence-corrected chi connectivity index (χ2v) is 10.4. The summed E-state index contributed by atoms with van der Waals surface area (Å²) in [7, 11) is 0. The second kappa shape index (κ2) is 10.3. The molecular weight excluding hydrogens is 445 g/mol. The zero-order valence-electron chi connectivity index (χ0n) is 18.5. The molecule has 1 aliphatic carbocycles. The molecule has 1 aliphatic heterocycles. The monoisotopic (exact) mass is 477 g/mol. The van der Waals surface area contributed by atoms with Crippen molar-refractivity contribution in [3.8, 4) is 5.75 Å². The van der Waals surface area contributed by atoms with Crippen LogP contribution in [0.5, 0.6) is 5.75 Å². The Morgan fingerprint density at radius 2 is 1.62 bits per heavy atom. The van der Waals surface area contributed by atoms with Crippen LogP contribution in [0.1, 0.15) is 56.4 Å². The number of likely N-dealkylation sites (tertiary alicyclic amines) is 1. The number of β-amino-alcohol motifs (C(OH)–C–C–N with tert-alkyl or cyclic N) is 1. The third kappa shape index (κ3) is 6.18. The summed E-state index contributed by atoms with van der Waals surface area (Å²) >= 11 is 12.0. The fourth-order valence-corrected chi connectivity index (χ4v) is 5.40. The summed E-state index contributed by atoms with van der Waals surface area (Å²) in [4.78, 5) is 2.32. The van der Waals surface area contributed by atoms with E-state index in [4.69, 9.17) is 27.9 Å². The van der Waals surface area contributed by atoms with Gasteiger partial charge in [-0.25, -0.2) is 0 Å². The van der Waals surface area contributed by atoms with Crippen LogP contribution in [0.25, 0.3) is 0 Å². The zero-order valence-corrected chi connectivity index (χ0v) is 20.0. The van der Waals surface area contributed by atoms with Gasteiger partial charge in [0.15, 0.2) is 0 Å². The average Bonchev–Trinajstić information content (AvgIpc) is 2.97. The summed E-state index contributed by atoms with van der Waals surface area (Å²) in [6, 6.07) is 15.8. The summed E-state index contributed by atoms with van der Waals surface area (Å²) in [5.74, 6) is 1.16. The summed E-state index contributed by atoms with van der Waals surface area (Å²) < 4.78 is 5.84. The molecule has 0 spiro atoms. The highest BCUT2D eigenvalue weighted by molar-refractivity contribution is 6.42. The van der Waals surface area contributed by atoms with Crippen LogP contribution >= 0.6 is 23.2 Å². The molecule has 4 rings (SSSR count). The van der Waals surface area contributed by atoms with Crippen LogP contribution in [0.2, 0.25) is 10.0 Å². The van der Waals surface area contributed by atoms with Gasteiger partial charge in [-0.05, 0) is 75.1 Å². The van der Waals surface area contributed by atoms with Gasteiger partial charge in [0.1, 0.15) is 12.4 Å². The number of rotatable bonds is 6. The smallest absolute Gasteiger partial charge is 0.121 e. The fraction of sp³-hybridized carbons (Fsp3) is 0.538. The van der Waals surface area contributed by atoms with Gasteiger partial charge in [0.2, 0.25) is 0 Å². The highest BCUT2D eigenvalue weighted by Crippen LogP contribution is 2.39. The molecule has 1 saturated heterocycles. The highest BCUT2D eigenvalue weighted by Gasteiger charge is 2.37. The van der Waals surface area contributed by atoms with Crippen molar-refractivity contribution in [2.75, 3.05) is 26.2 Å². The normalized spacial score (nSPS) is 29.4. The summed E-state index contributed by atoms with van der Waals surface area (Å²) in [5, 5.41) is 23.3. The Morgan fingerprint density at radius 1 is 0.875 bits per heavy atom. The van der Waals surface area contributed by atoms with Crippen molar-refractivity contribution in [1.29, 1.82) is 0 Å². The van der Waals surface area contributed by atoms with Crippen LogP contribution < -0.4 is 4.74 Å². The molecule has 0 unspecified atom stereocenters. The lowest BCUT2D eigenvalue weighted by Crippen LogP contribution is -2.46. The van der Waals surface area contributed by atoms with Gasteiger partial charge >= 0.3 is 0 Å². The molecule has 6 heteroatoms. The van der Waals surface area contributed by atoms with Crippen LogP contribution in [-0.4, -0.2) is 52.6 Å². The maximum Gasteiger partial charge on any atom is 0.121 e. The molecule has 0 bridgehead atoms. The number of nitrogens with zero attached hydrogens (tertiary/aromatic N) is 1. The Balaban J connectivity index is 1.27. The average molecular weight is 478 g/mol. The molecule has 1 atom stereocenters. The third-order valence-electron chi connectivity index (χ3n) is 7.11. The van der Waals surface area contributed by atoms with Gasteiger partial charge in [-0.1, -0.05) is 53.5 Å². The zero-order chi connectivity index (χ0) is 22.6. The molecule has 1 heterocycles. The van der Waals surface area contributed by atoms with E-state index < -0.39 is 11.2 Å². The minimum atomic E-state index is -0.881. The Kier molecular flexibility index (Phi) is 7.69. The molecule has 2 aromatic carbocycles. The third-order valence-corrected chi connectivity index (χ3v) is 7.85. The predicted molar refractivity (Wildman–Crippen MR) is 130 cm³/mol. The SMILES string of the molecule is OC1(CN2CCC[C@@](O)(COc3ccc(Cl)c(Cl)c3)CC2)CCC(c2ccccc2)CC1. The van der Waals surface area contributed by atoms with E-state index in [0.29, 0.717) is 41.1 Å². The molecule has 174 valence electrons. The van der Waals surface area contributed by atoms with E-state index in [1.165, 1.54) is 5.56 Å². The molecule has 2 aromatic rings. The Labute approximate surface area is 201 Å². The lowest BCUT2D eigenvalue weighted by atomic mass is 9.76. The van der Waals surface area contributed by atoms with Crippen LogP contribution in [0.3, 0.4) is 0 Å². The van der Waals surface area contributed by atoms with Crippen LogP contribution in [0.15, 0.2) is 48.5 Å². The molecule has 2 N–H and O–H groups in total. The van der Waals surface area contributed by atoms with Gasteiger partial charge in [-0.3, -0.25) is 0 Å². The fourth-order valence-electron chi connectivity index (χ4n) is 5.11. The standard InChI is InChI=1S/C26H33Cl2NO3/c27-23-8-7-22(17-24(23)28)32-19-26(31)11-4-15-29(16-14-26)18-25(30)12-9-21(10-13-25)20-5-2-1-3-6-20/h1-3,5-8,17,21,30-31H,4,9-16,18-19H2/t21?,25?,26-/m0/s1. The predicted octanol–water partition coefficient (Wildman–Crippen LogP) is 5.68. The quantitative estimate of drug-likeness (QED) is 0.561. The molecule has 1 saturated carbocycles. The van der Waals surface area contributed by atoms with E-state index in [-0.39, 0.29) is 6.61 Å². The maximum atomic E-state index is 11.3. The molecule has 32 heavy (non-hydrogen) atoms. The lowest BCUT2D eigenvalue weighted by molar-refractivity contribution is -0.0364. The van der Waals surface area contributed by atoms with Crippen molar-refractivity contribution in [3.63, 3.8) is 0 Å². The molecule has 0 amide bonds. The number of hydrogen-bond acceptors (Lipinski definition) is 4. The summed E-state index contributed by atoms with van der Waals surface area (Å²) in [5.41, 5.74) is -0.130. The number of ether oxygens (including phenoxy) is 1. The summed E-state index contributed by atoms with van der Waals surface area (Å²) in [6.07, 6.45) is 5.88. The minimum Gasteiger partial charge on any atom is -0.491 e. The first-order chi connectivity index (χ1) is 15.3. The molecule has 2 fully saturated rings. The number of benzene rings is 2. The molecule has 0 radical (unpaired) electrons. The van der Waals surface area contributed by atoms with E-state index in [1.807, 2.05) is 0 Å². The minimum absolute atomic E-state index is 0.224. The topological polar surface area (TPSA) is 52.9 Å². The number of halogens is 2. The Hall–Kier alpha value is -1.30. The summed E-state index contributed by atoms with van der Waals surface area (Å²) in [6.45, 7) is 2.55. The van der Waals surface area contributed by atoms with E-state index in [9.17, 15) is 10.2 Å². The molecule has 4 nitrogen and oxygen atoms in total. The largest absolute Gasteiger partial charge is 0.491 e. The molecule has 2 aliphatic rings. The number of hydrogen-bond donors (Lipinski definition) is 2. The second-order valence-electron chi connectivity index (χ2n) is 9.63. The van der Waals surface area contributed by atoms with Crippen molar-refractivity contribution >= 4 is 23.2 Å². The lowest BCUT2D eigenvalue weighted by Gasteiger charge is -2.39. The van der Waals surface area contributed by atoms with Crippen molar-refractivity contribution in [2.45, 2.75) is 62.1 Å². The van der Waals surface area contributed by atoms with E-state index >= 15 is 0 Å². The van der Waals surface area contributed by atoms with Crippen LogP contribution in [-0.2, 0) is 0 Å². The highest BCUT2D eigenvalue weighted by atomic mass is 35.5. The van der Waals surface area contributed by atoms with Crippen molar-refractivity contribution in [3.05, 3.63) is 64.1 Å². The van der Waals surface area contributed by atoms with E-state index in [0.717, 1.165) is 45.2 Å². The van der Waals surface area contributed by atoms with Gasteiger partial charge in [-0.15, -0.1) is 0 Å².